The molecule has 0 bridgehead atoms. The van der Waals surface area contributed by atoms with E-state index in [2.05, 4.69) is 5.32 Å². The number of esters is 1. The lowest BCUT2D eigenvalue weighted by Crippen LogP contribution is -2.33. The van der Waals surface area contributed by atoms with Gasteiger partial charge in [0, 0.05) is 35.2 Å². The molecular weight excluding hydrogens is 466 g/mol. The number of hydrogen-bond donors (Lipinski definition) is 4. The summed E-state index contributed by atoms with van der Waals surface area (Å²) in [5, 5.41) is 31.7. The summed E-state index contributed by atoms with van der Waals surface area (Å²) in [6, 6.07) is 13.9. The average Bonchev–Trinajstić information content (AvgIpc) is 3.12. The van der Waals surface area contributed by atoms with Crippen LogP contribution < -0.4 is 10.1 Å². The van der Waals surface area contributed by atoms with Crippen LogP contribution in [0.15, 0.2) is 54.6 Å². The van der Waals surface area contributed by atoms with Gasteiger partial charge in [-0.25, -0.2) is 4.79 Å². The number of benzene rings is 3. The molecule has 0 saturated heterocycles. The zero-order valence-corrected chi connectivity index (χ0v) is 19.1. The molecule has 36 heavy (non-hydrogen) atoms. The maximum Gasteiger partial charge on any atom is 0.340 e. The number of hydrogen-bond acceptors (Lipinski definition) is 7. The van der Waals surface area contributed by atoms with Crippen molar-refractivity contribution < 1.29 is 39.2 Å². The molecule has 1 atom stereocenters. The topological polar surface area (TPSA) is 142 Å². The Hall–Kier alpha value is -4.53. The number of phenols is 2. The standard InChI is InChI=1S/C27H23NO8/c29-14-28-22(3-1-2-4-25(32)33)15-5-8-19-18(11-15)26(34)36-27(19)20-9-6-16(30)12-23(20)35-24-13-17(31)7-10-21(24)27/h5-14,22,30-31H,1-4H2,(H,28,29)(H,32,33). The van der Waals surface area contributed by atoms with Crippen LogP contribution >= 0.6 is 0 Å². The number of ether oxygens (including phenoxy) is 2. The lowest BCUT2D eigenvalue weighted by Gasteiger charge is -2.36. The fourth-order valence-corrected chi connectivity index (χ4v) is 4.99. The summed E-state index contributed by atoms with van der Waals surface area (Å²) in [5.41, 5.74) is 1.26. The van der Waals surface area contributed by atoms with E-state index in [-0.39, 0.29) is 29.4 Å². The predicted octanol–water partition coefficient (Wildman–Crippen LogP) is 4.10. The molecular formula is C27H23NO8. The lowest BCUT2D eigenvalue weighted by atomic mass is 9.77. The number of unbranched alkanes of at least 4 members (excludes halogenated alkanes) is 1. The van der Waals surface area contributed by atoms with Crippen LogP contribution in [0.2, 0.25) is 0 Å². The molecule has 0 aliphatic carbocycles. The summed E-state index contributed by atoms with van der Waals surface area (Å²) in [7, 11) is 0. The molecule has 0 fully saturated rings. The second-order valence-electron chi connectivity index (χ2n) is 8.82. The van der Waals surface area contributed by atoms with Crippen molar-refractivity contribution in [2.45, 2.75) is 37.3 Å². The Morgan fingerprint density at radius 1 is 0.944 bits per heavy atom. The molecule has 1 unspecified atom stereocenters. The van der Waals surface area contributed by atoms with Crippen molar-refractivity contribution in [2.24, 2.45) is 0 Å². The Balaban J connectivity index is 1.59. The number of phenolic OH excluding ortho intramolecular Hbond substituents is 2. The fourth-order valence-electron chi connectivity index (χ4n) is 4.99. The minimum atomic E-state index is -1.36. The Morgan fingerprint density at radius 2 is 1.58 bits per heavy atom. The number of amides is 1. The molecule has 0 saturated carbocycles. The van der Waals surface area contributed by atoms with E-state index in [0.717, 1.165) is 0 Å². The first-order valence-electron chi connectivity index (χ1n) is 11.5. The van der Waals surface area contributed by atoms with Crippen LogP contribution in [0.5, 0.6) is 23.0 Å². The monoisotopic (exact) mass is 489 g/mol. The molecule has 2 aliphatic rings. The molecule has 2 aliphatic heterocycles. The van der Waals surface area contributed by atoms with Gasteiger partial charge in [-0.2, -0.15) is 0 Å². The summed E-state index contributed by atoms with van der Waals surface area (Å²) in [4.78, 5) is 35.3. The molecule has 1 amide bonds. The van der Waals surface area contributed by atoms with Crippen molar-refractivity contribution >= 4 is 18.3 Å². The van der Waals surface area contributed by atoms with Gasteiger partial charge in [-0.3, -0.25) is 9.59 Å². The summed E-state index contributed by atoms with van der Waals surface area (Å²) in [5.74, 6) is -0.925. The van der Waals surface area contributed by atoms with Crippen LogP contribution in [-0.4, -0.2) is 33.7 Å². The number of carbonyl (C=O) groups is 3. The average molecular weight is 489 g/mol. The molecule has 1 spiro atoms. The second-order valence-corrected chi connectivity index (χ2v) is 8.82. The van der Waals surface area contributed by atoms with E-state index in [1.807, 2.05) is 0 Å². The Labute approximate surface area is 205 Å². The molecule has 0 radical (unpaired) electrons. The minimum Gasteiger partial charge on any atom is -0.508 e. The first-order chi connectivity index (χ1) is 17.3. The fraction of sp³-hybridized carbons (Fsp3) is 0.222. The van der Waals surface area contributed by atoms with Crippen molar-refractivity contribution in [1.82, 2.24) is 5.32 Å². The van der Waals surface area contributed by atoms with Crippen LogP contribution in [0.4, 0.5) is 0 Å². The maximum atomic E-state index is 13.2. The van der Waals surface area contributed by atoms with E-state index in [1.165, 1.54) is 24.3 Å². The third kappa shape index (κ3) is 3.78. The third-order valence-corrected chi connectivity index (χ3v) is 6.60. The Morgan fingerprint density at radius 3 is 2.19 bits per heavy atom. The van der Waals surface area contributed by atoms with Gasteiger partial charge in [0.2, 0.25) is 6.41 Å². The van der Waals surface area contributed by atoms with Gasteiger partial charge in [-0.15, -0.1) is 0 Å². The van der Waals surface area contributed by atoms with Crippen LogP contribution in [0.3, 0.4) is 0 Å². The van der Waals surface area contributed by atoms with Gasteiger partial charge >= 0.3 is 11.9 Å². The molecule has 9 nitrogen and oxygen atoms in total. The number of carboxylic acids is 1. The van der Waals surface area contributed by atoms with Crippen LogP contribution in [-0.2, 0) is 19.9 Å². The quantitative estimate of drug-likeness (QED) is 0.210. The van der Waals surface area contributed by atoms with Gasteiger partial charge in [0.05, 0.1) is 11.6 Å². The van der Waals surface area contributed by atoms with Crippen LogP contribution in [0.1, 0.15) is 64.3 Å². The maximum absolute atomic E-state index is 13.2. The Kier molecular flexibility index (Phi) is 5.75. The van der Waals surface area contributed by atoms with E-state index < -0.39 is 23.6 Å². The number of nitrogens with one attached hydrogen (secondary N) is 1. The minimum absolute atomic E-state index is 0.0296. The first-order valence-corrected chi connectivity index (χ1v) is 11.5. The van der Waals surface area contributed by atoms with E-state index >= 15 is 0 Å². The highest BCUT2D eigenvalue weighted by atomic mass is 16.6. The molecule has 2 heterocycles. The van der Waals surface area contributed by atoms with Crippen molar-refractivity contribution in [2.75, 3.05) is 0 Å². The number of fused-ring (bicyclic) bond motifs is 6. The zero-order valence-electron chi connectivity index (χ0n) is 19.1. The highest BCUT2D eigenvalue weighted by Crippen LogP contribution is 2.57. The summed E-state index contributed by atoms with van der Waals surface area (Å²) < 4.78 is 12.0. The smallest absolute Gasteiger partial charge is 0.340 e. The zero-order chi connectivity index (χ0) is 25.4. The van der Waals surface area contributed by atoms with E-state index in [4.69, 9.17) is 14.6 Å². The lowest BCUT2D eigenvalue weighted by molar-refractivity contribution is -0.137. The molecule has 9 heteroatoms. The summed E-state index contributed by atoms with van der Waals surface area (Å²) in [6.07, 6.45) is 2.17. The van der Waals surface area contributed by atoms with Gasteiger partial charge in [0.25, 0.3) is 0 Å². The van der Waals surface area contributed by atoms with E-state index in [9.17, 15) is 24.6 Å². The predicted molar refractivity (Wildman–Crippen MR) is 126 cm³/mol. The molecule has 3 aromatic rings. The SMILES string of the molecule is O=CNC(CCCCC(=O)O)c1ccc2c(c1)C(=O)OC21c2ccc(O)cc2Oc2cc(O)ccc21. The number of rotatable bonds is 8. The summed E-state index contributed by atoms with van der Waals surface area (Å²) >= 11 is 0. The van der Waals surface area contributed by atoms with Gasteiger partial charge in [-0.1, -0.05) is 18.6 Å². The van der Waals surface area contributed by atoms with Crippen molar-refractivity contribution in [3.8, 4) is 23.0 Å². The van der Waals surface area contributed by atoms with Gasteiger partial charge in [-0.05, 0) is 48.7 Å². The molecule has 184 valence electrons. The number of aliphatic carboxylic acids is 1. The van der Waals surface area contributed by atoms with Gasteiger partial charge in [0.15, 0.2) is 5.60 Å². The number of aromatic hydroxyl groups is 2. The number of carboxylic acid groups (broad SMARTS) is 1. The Bertz CT molecular complexity index is 1330. The second kappa shape index (κ2) is 8.92. The van der Waals surface area contributed by atoms with E-state index in [0.29, 0.717) is 53.5 Å². The molecule has 4 N–H and O–H groups in total. The highest BCUT2D eigenvalue weighted by molar-refractivity contribution is 5.97. The number of carbonyl (C=O) groups excluding carboxylic acids is 2. The van der Waals surface area contributed by atoms with E-state index in [1.54, 1.807) is 30.3 Å². The largest absolute Gasteiger partial charge is 0.508 e. The van der Waals surface area contributed by atoms with Crippen LogP contribution in [0, 0.1) is 0 Å². The van der Waals surface area contributed by atoms with Crippen molar-refractivity contribution in [3.05, 3.63) is 82.4 Å². The molecule has 5 rings (SSSR count). The first kappa shape index (κ1) is 23.2. The van der Waals surface area contributed by atoms with Gasteiger partial charge < -0.3 is 30.1 Å². The normalized spacial score (nSPS) is 15.2. The van der Waals surface area contributed by atoms with Crippen LogP contribution in [0.25, 0.3) is 0 Å². The third-order valence-electron chi connectivity index (χ3n) is 6.60. The summed E-state index contributed by atoms with van der Waals surface area (Å²) in [6.45, 7) is 0. The van der Waals surface area contributed by atoms with Crippen molar-refractivity contribution in [3.63, 3.8) is 0 Å². The molecule has 3 aromatic carbocycles. The van der Waals surface area contributed by atoms with Crippen molar-refractivity contribution in [1.29, 1.82) is 0 Å². The molecule has 0 aromatic heterocycles. The highest BCUT2D eigenvalue weighted by Gasteiger charge is 2.53. The van der Waals surface area contributed by atoms with Gasteiger partial charge in [0.1, 0.15) is 23.0 Å².